The van der Waals surface area contributed by atoms with Crippen molar-refractivity contribution < 1.29 is 18.9 Å². The Kier molecular flexibility index (Phi) is 7.17. The van der Waals surface area contributed by atoms with Gasteiger partial charge in [0.25, 0.3) is 5.91 Å². The first kappa shape index (κ1) is 27.8. The molecule has 1 aliphatic heterocycles. The van der Waals surface area contributed by atoms with Crippen molar-refractivity contribution in [2.75, 3.05) is 0 Å². The zero-order chi connectivity index (χ0) is 28.5. The number of fused-ring (bicyclic) bond motifs is 7. The molecule has 7 rings (SSSR count). The maximum absolute atomic E-state index is 13.9. The molecule has 0 radical (unpaired) electrons. The van der Waals surface area contributed by atoms with Gasteiger partial charge in [0.15, 0.2) is 0 Å². The average molecular weight is 595 g/mol. The SMILES string of the molecule is CC1(C)C2CC3OB(C(CC4CC4)NC(=O)[C@H](Cc4ccccc4)NC(=O)c4cc(Cl)ccc4Cl)OC3C1C1CC12. The van der Waals surface area contributed by atoms with E-state index in [0.29, 0.717) is 29.2 Å². The summed E-state index contributed by atoms with van der Waals surface area (Å²) in [6.07, 6.45) is 6.03. The second-order valence-electron chi connectivity index (χ2n) is 13.5. The van der Waals surface area contributed by atoms with Gasteiger partial charge in [0.2, 0.25) is 5.91 Å². The van der Waals surface area contributed by atoms with Crippen molar-refractivity contribution in [2.45, 2.75) is 76.6 Å². The Bertz CT molecular complexity index is 1340. The lowest BCUT2D eigenvalue weighted by molar-refractivity contribution is -0.123. The van der Waals surface area contributed by atoms with Crippen molar-refractivity contribution in [1.29, 1.82) is 0 Å². The maximum Gasteiger partial charge on any atom is 0.481 e. The standard InChI is InChI=1S/C32H37BCl2N2O4/c1-32(2)23-16-26-29(28(32)21-15-20(21)23)41-33(40-26)27(13-18-8-9-18)37-31(39)25(12-17-6-4-3-5-7-17)36-30(38)22-14-19(34)10-11-24(22)35/h3-7,10-11,14,18,20-21,23,25-29H,8-9,12-13,15-16H2,1-2H3,(H,36,38)(H,37,39)/t20?,21?,23?,25-,26?,27?,28?,29?/m0/s1. The lowest BCUT2D eigenvalue weighted by atomic mass is 9.62. The quantitative estimate of drug-likeness (QED) is 0.363. The molecule has 9 heteroatoms. The molecule has 216 valence electrons. The molecule has 1 saturated heterocycles. The van der Waals surface area contributed by atoms with Crippen LogP contribution in [0.4, 0.5) is 0 Å². The number of carbonyl (C=O) groups excluding carboxylic acids is 2. The van der Waals surface area contributed by atoms with E-state index in [9.17, 15) is 9.59 Å². The first-order chi connectivity index (χ1) is 19.7. The monoisotopic (exact) mass is 594 g/mol. The maximum atomic E-state index is 13.9. The molecular weight excluding hydrogens is 558 g/mol. The Hall–Kier alpha value is -2.06. The predicted octanol–water partition coefficient (Wildman–Crippen LogP) is 5.74. The molecule has 5 fully saturated rings. The summed E-state index contributed by atoms with van der Waals surface area (Å²) in [7, 11) is -0.475. The van der Waals surface area contributed by atoms with E-state index in [4.69, 9.17) is 32.5 Å². The van der Waals surface area contributed by atoms with Crippen molar-refractivity contribution >= 4 is 42.1 Å². The second kappa shape index (κ2) is 10.6. The molecule has 7 unspecified atom stereocenters. The lowest BCUT2D eigenvalue weighted by Gasteiger charge is -2.46. The molecule has 5 aliphatic rings. The number of hydrogen-bond acceptors (Lipinski definition) is 4. The summed E-state index contributed by atoms with van der Waals surface area (Å²) in [6.45, 7) is 4.82. The largest absolute Gasteiger partial charge is 0.481 e. The number of nitrogens with one attached hydrogen (secondary N) is 2. The summed E-state index contributed by atoms with van der Waals surface area (Å²) < 4.78 is 13.4. The van der Waals surface area contributed by atoms with Crippen molar-refractivity contribution in [3.05, 3.63) is 69.7 Å². The minimum absolute atomic E-state index is 0.0899. The van der Waals surface area contributed by atoms with Crippen LogP contribution in [0.5, 0.6) is 0 Å². The Morgan fingerprint density at radius 3 is 2.56 bits per heavy atom. The van der Waals surface area contributed by atoms with E-state index < -0.39 is 19.1 Å². The molecule has 8 atom stereocenters. The van der Waals surface area contributed by atoms with Crippen LogP contribution in [0.2, 0.25) is 10.0 Å². The average Bonchev–Trinajstić information content (AvgIpc) is 3.86. The topological polar surface area (TPSA) is 76.7 Å². The summed E-state index contributed by atoms with van der Waals surface area (Å²) in [4.78, 5) is 27.3. The van der Waals surface area contributed by atoms with E-state index >= 15 is 0 Å². The van der Waals surface area contributed by atoms with Gasteiger partial charge in [-0.25, -0.2) is 0 Å². The smallest absolute Gasteiger partial charge is 0.404 e. The zero-order valence-electron chi connectivity index (χ0n) is 23.5. The van der Waals surface area contributed by atoms with E-state index in [1.807, 2.05) is 30.3 Å². The van der Waals surface area contributed by atoms with Crippen molar-refractivity contribution in [3.63, 3.8) is 0 Å². The van der Waals surface area contributed by atoms with Gasteiger partial charge in [-0.05, 0) is 78.0 Å². The van der Waals surface area contributed by atoms with E-state index in [2.05, 4.69) is 24.5 Å². The van der Waals surface area contributed by atoms with Crippen LogP contribution >= 0.6 is 23.2 Å². The van der Waals surface area contributed by atoms with E-state index in [1.165, 1.54) is 12.5 Å². The third kappa shape index (κ3) is 5.33. The first-order valence-corrected chi connectivity index (χ1v) is 15.9. The fraction of sp³-hybridized carbons (Fsp3) is 0.562. The van der Waals surface area contributed by atoms with Crippen LogP contribution in [0, 0.1) is 35.0 Å². The van der Waals surface area contributed by atoms with Gasteiger partial charge in [0.1, 0.15) is 6.04 Å². The van der Waals surface area contributed by atoms with Gasteiger partial charge in [-0.1, -0.05) is 80.2 Å². The molecule has 4 aliphatic carbocycles. The molecule has 6 nitrogen and oxygen atoms in total. The molecule has 2 aromatic rings. The number of carbonyl (C=O) groups is 2. The van der Waals surface area contributed by atoms with Gasteiger partial charge < -0.3 is 19.9 Å². The van der Waals surface area contributed by atoms with E-state index in [-0.39, 0.29) is 40.1 Å². The van der Waals surface area contributed by atoms with Gasteiger partial charge in [-0.15, -0.1) is 0 Å². The fourth-order valence-electron chi connectivity index (χ4n) is 8.28. The molecule has 2 N–H and O–H groups in total. The molecule has 2 bridgehead atoms. The predicted molar refractivity (Wildman–Crippen MR) is 160 cm³/mol. The second-order valence-corrected chi connectivity index (χ2v) is 14.4. The number of hydrogen-bond donors (Lipinski definition) is 2. The van der Waals surface area contributed by atoms with Crippen LogP contribution in [0.1, 0.15) is 61.9 Å². The summed E-state index contributed by atoms with van der Waals surface area (Å²) in [6, 6.07) is 13.6. The number of rotatable bonds is 9. The molecule has 2 amide bonds. The highest BCUT2D eigenvalue weighted by Gasteiger charge is 2.71. The summed E-state index contributed by atoms with van der Waals surface area (Å²) in [5, 5.41) is 6.88. The van der Waals surface area contributed by atoms with Crippen molar-refractivity contribution in [2.24, 2.45) is 35.0 Å². The minimum atomic E-state index is -0.813. The highest BCUT2D eigenvalue weighted by atomic mass is 35.5. The third-order valence-corrected chi connectivity index (χ3v) is 11.1. The normalized spacial score (nSPS) is 32.0. The molecule has 41 heavy (non-hydrogen) atoms. The molecule has 2 aromatic carbocycles. The van der Waals surface area contributed by atoms with Crippen LogP contribution in [0.3, 0.4) is 0 Å². The van der Waals surface area contributed by atoms with Crippen molar-refractivity contribution in [3.8, 4) is 0 Å². The highest BCUT2D eigenvalue weighted by molar-refractivity contribution is 6.47. The van der Waals surface area contributed by atoms with Gasteiger partial charge in [-0.3, -0.25) is 9.59 Å². The summed E-state index contributed by atoms with van der Waals surface area (Å²) in [5.74, 6) is 2.40. The van der Waals surface area contributed by atoms with Gasteiger partial charge in [0.05, 0.1) is 28.7 Å². The molecule has 1 heterocycles. The Labute approximate surface area is 252 Å². The Balaban J connectivity index is 1.10. The Morgan fingerprint density at radius 2 is 1.80 bits per heavy atom. The highest BCUT2D eigenvalue weighted by Crippen LogP contribution is 2.72. The van der Waals surface area contributed by atoms with Crippen LogP contribution < -0.4 is 10.6 Å². The fourth-order valence-corrected chi connectivity index (χ4v) is 8.65. The lowest BCUT2D eigenvalue weighted by Crippen LogP contribution is -2.55. The third-order valence-electron chi connectivity index (χ3n) is 10.5. The first-order valence-electron chi connectivity index (χ1n) is 15.1. The number of halogens is 2. The molecule has 4 saturated carbocycles. The van der Waals surface area contributed by atoms with Crippen molar-refractivity contribution in [1.82, 2.24) is 10.6 Å². The van der Waals surface area contributed by atoms with E-state index in [1.54, 1.807) is 12.1 Å². The molecular formula is C32H37BCl2N2O4. The van der Waals surface area contributed by atoms with Crippen LogP contribution in [0.15, 0.2) is 48.5 Å². The summed E-state index contributed by atoms with van der Waals surface area (Å²) in [5.41, 5.74) is 1.46. The van der Waals surface area contributed by atoms with Crippen LogP contribution in [-0.4, -0.2) is 43.1 Å². The molecule has 0 spiro atoms. The summed E-state index contributed by atoms with van der Waals surface area (Å²) >= 11 is 12.5. The Morgan fingerprint density at radius 1 is 1.02 bits per heavy atom. The van der Waals surface area contributed by atoms with Crippen LogP contribution in [-0.2, 0) is 20.5 Å². The van der Waals surface area contributed by atoms with Gasteiger partial charge in [0, 0.05) is 11.4 Å². The van der Waals surface area contributed by atoms with E-state index in [0.717, 1.165) is 43.1 Å². The van der Waals surface area contributed by atoms with Gasteiger partial charge >= 0.3 is 7.12 Å². The number of amides is 2. The van der Waals surface area contributed by atoms with Gasteiger partial charge in [-0.2, -0.15) is 0 Å². The zero-order valence-corrected chi connectivity index (χ0v) is 25.0. The van der Waals surface area contributed by atoms with Crippen LogP contribution in [0.25, 0.3) is 0 Å². The minimum Gasteiger partial charge on any atom is -0.404 e. The number of benzene rings is 2. The molecule has 0 aromatic heterocycles.